The van der Waals surface area contributed by atoms with E-state index in [-0.39, 0.29) is 5.91 Å². The third kappa shape index (κ3) is 2.84. The molecular formula is C15H17NO3. The van der Waals surface area contributed by atoms with Crippen LogP contribution in [-0.2, 0) is 17.8 Å². The van der Waals surface area contributed by atoms with Crippen molar-refractivity contribution in [2.75, 3.05) is 6.54 Å². The van der Waals surface area contributed by atoms with E-state index in [2.05, 4.69) is 6.58 Å². The number of hydrogen-bond acceptors (Lipinski definition) is 2. The molecule has 19 heavy (non-hydrogen) atoms. The van der Waals surface area contributed by atoms with Crippen molar-refractivity contribution >= 4 is 11.9 Å². The summed E-state index contributed by atoms with van der Waals surface area (Å²) in [5, 5.41) is 9.14. The van der Waals surface area contributed by atoms with E-state index in [4.69, 9.17) is 5.11 Å². The van der Waals surface area contributed by atoms with Crippen LogP contribution in [0.25, 0.3) is 0 Å². The maximum atomic E-state index is 11.9. The third-order valence-corrected chi connectivity index (χ3v) is 3.41. The molecule has 2 rings (SSSR count). The van der Waals surface area contributed by atoms with Gasteiger partial charge in [-0.25, -0.2) is 4.79 Å². The van der Waals surface area contributed by atoms with Crippen LogP contribution in [0.15, 0.2) is 30.9 Å². The number of benzene rings is 1. The molecule has 0 saturated carbocycles. The molecule has 1 aromatic carbocycles. The maximum Gasteiger partial charge on any atom is 0.335 e. The van der Waals surface area contributed by atoms with Crippen LogP contribution in [0, 0.1) is 0 Å². The van der Waals surface area contributed by atoms with Crippen LogP contribution in [0.4, 0.5) is 0 Å². The van der Waals surface area contributed by atoms with E-state index in [0.29, 0.717) is 37.9 Å². The predicted molar refractivity (Wildman–Crippen MR) is 72.0 cm³/mol. The van der Waals surface area contributed by atoms with Gasteiger partial charge in [0.2, 0.25) is 5.91 Å². The van der Waals surface area contributed by atoms with Gasteiger partial charge < -0.3 is 10.0 Å². The summed E-state index contributed by atoms with van der Waals surface area (Å²) in [6, 6.07) is 5.26. The molecule has 4 nitrogen and oxygen atoms in total. The molecule has 0 aliphatic carbocycles. The number of allylic oxidation sites excluding steroid dienone is 1. The summed E-state index contributed by atoms with van der Waals surface area (Å²) in [6.07, 6.45) is 3.49. The second-order valence-corrected chi connectivity index (χ2v) is 4.64. The van der Waals surface area contributed by atoms with Crippen LogP contribution >= 0.6 is 0 Å². The van der Waals surface area contributed by atoms with Gasteiger partial charge >= 0.3 is 5.97 Å². The summed E-state index contributed by atoms with van der Waals surface area (Å²) >= 11 is 0. The van der Waals surface area contributed by atoms with E-state index >= 15 is 0 Å². The highest BCUT2D eigenvalue weighted by Gasteiger charge is 2.23. The summed E-state index contributed by atoms with van der Waals surface area (Å²) in [4.78, 5) is 24.9. The first-order valence-corrected chi connectivity index (χ1v) is 6.36. The molecule has 0 saturated heterocycles. The van der Waals surface area contributed by atoms with Gasteiger partial charge in [-0.05, 0) is 30.0 Å². The molecule has 1 aliphatic heterocycles. The van der Waals surface area contributed by atoms with Gasteiger partial charge in [-0.15, -0.1) is 6.58 Å². The van der Waals surface area contributed by atoms with E-state index in [0.717, 1.165) is 11.1 Å². The number of carboxylic acids is 1. The van der Waals surface area contributed by atoms with Crippen molar-refractivity contribution in [2.45, 2.75) is 25.8 Å². The SMILES string of the molecule is C=CCCC(=O)N1CCc2c(cccc2C(=O)O)C1. The minimum atomic E-state index is -0.900. The van der Waals surface area contributed by atoms with Crippen molar-refractivity contribution in [3.05, 3.63) is 47.5 Å². The van der Waals surface area contributed by atoms with Gasteiger partial charge in [-0.3, -0.25) is 4.79 Å². The van der Waals surface area contributed by atoms with Crippen LogP contribution in [0.1, 0.15) is 34.3 Å². The lowest BCUT2D eigenvalue weighted by molar-refractivity contribution is -0.132. The zero-order chi connectivity index (χ0) is 13.8. The highest BCUT2D eigenvalue weighted by atomic mass is 16.4. The van der Waals surface area contributed by atoms with Gasteiger partial charge in [-0.1, -0.05) is 18.2 Å². The molecule has 0 spiro atoms. The van der Waals surface area contributed by atoms with Gasteiger partial charge in [-0.2, -0.15) is 0 Å². The fraction of sp³-hybridized carbons (Fsp3) is 0.333. The highest BCUT2D eigenvalue weighted by Crippen LogP contribution is 2.23. The Kier molecular flexibility index (Phi) is 4.00. The number of hydrogen-bond donors (Lipinski definition) is 1. The number of amides is 1. The highest BCUT2D eigenvalue weighted by molar-refractivity contribution is 5.90. The quantitative estimate of drug-likeness (QED) is 0.844. The lowest BCUT2D eigenvalue weighted by Gasteiger charge is -2.29. The third-order valence-electron chi connectivity index (χ3n) is 3.41. The monoisotopic (exact) mass is 259 g/mol. The maximum absolute atomic E-state index is 11.9. The molecule has 0 unspecified atom stereocenters. The number of fused-ring (bicyclic) bond motifs is 1. The second-order valence-electron chi connectivity index (χ2n) is 4.64. The van der Waals surface area contributed by atoms with E-state index in [1.165, 1.54) is 0 Å². The Balaban J connectivity index is 2.16. The first-order valence-electron chi connectivity index (χ1n) is 6.36. The van der Waals surface area contributed by atoms with Gasteiger partial charge in [0.25, 0.3) is 0 Å². The lowest BCUT2D eigenvalue weighted by atomic mass is 9.94. The van der Waals surface area contributed by atoms with E-state index < -0.39 is 5.97 Å². The van der Waals surface area contributed by atoms with Crippen LogP contribution in [0.2, 0.25) is 0 Å². The van der Waals surface area contributed by atoms with Gasteiger partial charge in [0.15, 0.2) is 0 Å². The summed E-state index contributed by atoms with van der Waals surface area (Å²) < 4.78 is 0. The summed E-state index contributed by atoms with van der Waals surface area (Å²) in [5.74, 6) is -0.797. The summed E-state index contributed by atoms with van der Waals surface area (Å²) in [6.45, 7) is 4.71. The Morgan fingerprint density at radius 3 is 2.89 bits per heavy atom. The largest absolute Gasteiger partial charge is 0.478 e. The number of carboxylic acid groups (broad SMARTS) is 1. The van der Waals surface area contributed by atoms with Crippen molar-refractivity contribution < 1.29 is 14.7 Å². The number of rotatable bonds is 4. The molecule has 4 heteroatoms. The van der Waals surface area contributed by atoms with Crippen molar-refractivity contribution in [1.82, 2.24) is 4.90 Å². The Morgan fingerprint density at radius 1 is 1.42 bits per heavy atom. The molecule has 100 valence electrons. The van der Waals surface area contributed by atoms with Crippen molar-refractivity contribution in [3.63, 3.8) is 0 Å². The average Bonchev–Trinajstić information content (AvgIpc) is 2.43. The van der Waals surface area contributed by atoms with Crippen molar-refractivity contribution in [1.29, 1.82) is 0 Å². The van der Waals surface area contributed by atoms with Gasteiger partial charge in [0, 0.05) is 19.5 Å². The second kappa shape index (κ2) is 5.69. The Labute approximate surface area is 112 Å². The predicted octanol–water partition coefficient (Wildman–Crippen LogP) is 2.24. The molecule has 0 radical (unpaired) electrons. The molecule has 0 bridgehead atoms. The lowest BCUT2D eigenvalue weighted by Crippen LogP contribution is -2.36. The molecule has 0 aromatic heterocycles. The molecule has 0 fully saturated rings. The molecule has 1 amide bonds. The fourth-order valence-corrected chi connectivity index (χ4v) is 2.41. The zero-order valence-electron chi connectivity index (χ0n) is 10.8. The average molecular weight is 259 g/mol. The van der Waals surface area contributed by atoms with E-state index in [1.807, 2.05) is 6.07 Å². The number of aromatic carboxylic acids is 1. The van der Waals surface area contributed by atoms with Crippen LogP contribution < -0.4 is 0 Å². The van der Waals surface area contributed by atoms with Crippen LogP contribution in [-0.4, -0.2) is 28.4 Å². The number of carbonyl (C=O) groups is 2. The van der Waals surface area contributed by atoms with Crippen molar-refractivity contribution in [3.8, 4) is 0 Å². The Bertz CT molecular complexity index is 522. The summed E-state index contributed by atoms with van der Waals surface area (Å²) in [5.41, 5.74) is 2.16. The fourth-order valence-electron chi connectivity index (χ4n) is 2.41. The molecule has 1 aromatic rings. The number of carbonyl (C=O) groups excluding carboxylic acids is 1. The standard InChI is InChI=1S/C15H17NO3/c1-2-3-7-14(17)16-9-8-12-11(10-16)5-4-6-13(12)15(18)19/h2,4-6H,1,3,7-10H2,(H,18,19). The van der Waals surface area contributed by atoms with Crippen LogP contribution in [0.3, 0.4) is 0 Å². The number of nitrogens with zero attached hydrogens (tertiary/aromatic N) is 1. The smallest absolute Gasteiger partial charge is 0.335 e. The van der Waals surface area contributed by atoms with Gasteiger partial charge in [0.1, 0.15) is 0 Å². The molecule has 1 N–H and O–H groups in total. The topological polar surface area (TPSA) is 57.6 Å². The van der Waals surface area contributed by atoms with E-state index in [1.54, 1.807) is 23.1 Å². The first-order chi connectivity index (χ1) is 9.13. The van der Waals surface area contributed by atoms with Crippen LogP contribution in [0.5, 0.6) is 0 Å². The normalized spacial score (nSPS) is 13.8. The van der Waals surface area contributed by atoms with E-state index in [9.17, 15) is 9.59 Å². The van der Waals surface area contributed by atoms with Crippen molar-refractivity contribution in [2.24, 2.45) is 0 Å². The minimum absolute atomic E-state index is 0.103. The van der Waals surface area contributed by atoms with Gasteiger partial charge in [0.05, 0.1) is 5.56 Å². The molecular weight excluding hydrogens is 242 g/mol. The minimum Gasteiger partial charge on any atom is -0.478 e. The Hall–Kier alpha value is -2.10. The zero-order valence-corrected chi connectivity index (χ0v) is 10.8. The molecule has 1 heterocycles. The molecule has 1 aliphatic rings. The summed E-state index contributed by atoms with van der Waals surface area (Å²) in [7, 11) is 0. The molecule has 0 atom stereocenters. The first kappa shape index (κ1) is 13.3. The Morgan fingerprint density at radius 2 is 2.21 bits per heavy atom.